The first-order valence-electron chi connectivity index (χ1n) is 6.15. The number of nitrogens with zero attached hydrogens (tertiary/aromatic N) is 1. The van der Waals surface area contributed by atoms with Crippen LogP contribution in [0.3, 0.4) is 0 Å². The maximum Gasteiger partial charge on any atom is 0.0487 e. The highest BCUT2D eigenvalue weighted by atomic mass is 15.1. The lowest BCUT2D eigenvalue weighted by molar-refractivity contribution is 1.10. The average Bonchev–Trinajstić information content (AvgIpc) is 2.58. The van der Waals surface area contributed by atoms with Crippen LogP contribution in [-0.2, 0) is 0 Å². The normalized spacial score (nSPS) is 12.6. The Balaban J connectivity index is 2.23. The lowest BCUT2D eigenvalue weighted by Crippen LogP contribution is -2.17. The summed E-state index contributed by atoms with van der Waals surface area (Å²) in [4.78, 5) is 2.30. The molecule has 0 amide bonds. The molecule has 88 valence electrons. The third-order valence-corrected chi connectivity index (χ3v) is 3.21. The summed E-state index contributed by atoms with van der Waals surface area (Å²) in [5, 5.41) is 0. The Kier molecular flexibility index (Phi) is 2.73. The van der Waals surface area contributed by atoms with Crippen molar-refractivity contribution in [3.05, 3.63) is 72.3 Å². The third-order valence-electron chi connectivity index (χ3n) is 3.21. The molecule has 1 heterocycles. The SMILES string of the molecule is C=CCN1c2ccccc2C=Cc2ccccc21. The Morgan fingerprint density at radius 3 is 1.83 bits per heavy atom. The van der Waals surface area contributed by atoms with E-state index in [2.05, 4.69) is 72.2 Å². The molecule has 0 aromatic heterocycles. The van der Waals surface area contributed by atoms with Crippen LogP contribution in [0.1, 0.15) is 11.1 Å². The summed E-state index contributed by atoms with van der Waals surface area (Å²) in [5.41, 5.74) is 4.96. The second kappa shape index (κ2) is 4.53. The summed E-state index contributed by atoms with van der Waals surface area (Å²) in [6.45, 7) is 4.68. The molecule has 2 aromatic rings. The van der Waals surface area contributed by atoms with E-state index >= 15 is 0 Å². The standard InChI is InChI=1S/C17H15N/c1-2-13-18-16-9-5-3-7-14(16)11-12-15-8-4-6-10-17(15)18/h2-12H,1,13H2. The zero-order valence-electron chi connectivity index (χ0n) is 10.2. The zero-order valence-corrected chi connectivity index (χ0v) is 10.2. The van der Waals surface area contributed by atoms with Gasteiger partial charge in [-0.1, -0.05) is 54.6 Å². The topological polar surface area (TPSA) is 3.24 Å². The van der Waals surface area contributed by atoms with Crippen molar-refractivity contribution >= 4 is 23.5 Å². The van der Waals surface area contributed by atoms with Crippen LogP contribution in [0, 0.1) is 0 Å². The molecule has 2 aromatic carbocycles. The van der Waals surface area contributed by atoms with E-state index in [0.717, 1.165) is 6.54 Å². The number of hydrogen-bond donors (Lipinski definition) is 0. The van der Waals surface area contributed by atoms with Crippen molar-refractivity contribution in [2.45, 2.75) is 0 Å². The van der Waals surface area contributed by atoms with Crippen LogP contribution < -0.4 is 4.90 Å². The van der Waals surface area contributed by atoms with Gasteiger partial charge in [-0.2, -0.15) is 0 Å². The summed E-state index contributed by atoms with van der Waals surface area (Å²) in [6.07, 6.45) is 6.30. The molecule has 3 rings (SSSR count). The van der Waals surface area contributed by atoms with Gasteiger partial charge in [-0.15, -0.1) is 6.58 Å². The van der Waals surface area contributed by atoms with E-state index in [1.165, 1.54) is 22.5 Å². The predicted molar refractivity (Wildman–Crippen MR) is 79.0 cm³/mol. The number of fused-ring (bicyclic) bond motifs is 2. The average molecular weight is 233 g/mol. The van der Waals surface area contributed by atoms with Crippen molar-refractivity contribution in [1.82, 2.24) is 0 Å². The number of benzene rings is 2. The molecule has 0 saturated carbocycles. The van der Waals surface area contributed by atoms with Gasteiger partial charge in [-0.3, -0.25) is 0 Å². The predicted octanol–water partition coefficient (Wildman–Crippen LogP) is 4.49. The van der Waals surface area contributed by atoms with Crippen LogP contribution >= 0.6 is 0 Å². The Labute approximate surface area is 108 Å². The molecular formula is C17H15N. The van der Waals surface area contributed by atoms with Crippen LogP contribution in [0.2, 0.25) is 0 Å². The lowest BCUT2D eigenvalue weighted by Gasteiger charge is -2.25. The van der Waals surface area contributed by atoms with Gasteiger partial charge in [-0.25, -0.2) is 0 Å². The first-order chi connectivity index (χ1) is 8.90. The molecule has 18 heavy (non-hydrogen) atoms. The third kappa shape index (κ3) is 1.74. The van der Waals surface area contributed by atoms with Gasteiger partial charge in [0.15, 0.2) is 0 Å². The van der Waals surface area contributed by atoms with Gasteiger partial charge < -0.3 is 4.90 Å². The molecule has 0 fully saturated rings. The molecule has 1 heteroatoms. The number of anilines is 2. The number of hydrogen-bond acceptors (Lipinski definition) is 1. The van der Waals surface area contributed by atoms with Crippen LogP contribution in [0.25, 0.3) is 12.2 Å². The highest BCUT2D eigenvalue weighted by Gasteiger charge is 2.15. The Hall–Kier alpha value is -2.28. The van der Waals surface area contributed by atoms with Gasteiger partial charge in [0.2, 0.25) is 0 Å². The molecule has 1 nitrogen and oxygen atoms in total. The molecule has 0 unspecified atom stereocenters. The highest BCUT2D eigenvalue weighted by molar-refractivity contribution is 5.88. The van der Waals surface area contributed by atoms with Crippen molar-refractivity contribution in [1.29, 1.82) is 0 Å². The Morgan fingerprint density at radius 2 is 1.33 bits per heavy atom. The van der Waals surface area contributed by atoms with E-state index in [0.29, 0.717) is 0 Å². The lowest BCUT2D eigenvalue weighted by atomic mass is 10.1. The minimum absolute atomic E-state index is 0.815. The van der Waals surface area contributed by atoms with Gasteiger partial charge in [0.05, 0.1) is 0 Å². The molecular weight excluding hydrogens is 218 g/mol. The molecule has 1 aliphatic rings. The Morgan fingerprint density at radius 1 is 0.833 bits per heavy atom. The zero-order chi connectivity index (χ0) is 12.4. The quantitative estimate of drug-likeness (QED) is 0.690. The van der Waals surface area contributed by atoms with Crippen LogP contribution in [0.5, 0.6) is 0 Å². The van der Waals surface area contributed by atoms with E-state index in [1.54, 1.807) is 0 Å². The first kappa shape index (κ1) is 10.8. The second-order valence-electron chi connectivity index (χ2n) is 4.35. The fourth-order valence-corrected chi connectivity index (χ4v) is 2.38. The number of para-hydroxylation sites is 2. The van der Waals surface area contributed by atoms with Crippen molar-refractivity contribution in [2.75, 3.05) is 11.4 Å². The highest BCUT2D eigenvalue weighted by Crippen LogP contribution is 2.35. The summed E-state index contributed by atoms with van der Waals surface area (Å²) in [7, 11) is 0. The summed E-state index contributed by atoms with van der Waals surface area (Å²) < 4.78 is 0. The van der Waals surface area contributed by atoms with Crippen LogP contribution in [-0.4, -0.2) is 6.54 Å². The molecule has 0 bridgehead atoms. The van der Waals surface area contributed by atoms with Crippen molar-refractivity contribution in [3.8, 4) is 0 Å². The minimum atomic E-state index is 0.815. The van der Waals surface area contributed by atoms with Crippen molar-refractivity contribution < 1.29 is 0 Å². The molecule has 1 aliphatic heterocycles. The summed E-state index contributed by atoms with van der Waals surface area (Å²) >= 11 is 0. The van der Waals surface area contributed by atoms with Crippen LogP contribution in [0.4, 0.5) is 11.4 Å². The van der Waals surface area contributed by atoms with E-state index in [4.69, 9.17) is 0 Å². The van der Waals surface area contributed by atoms with E-state index in [-0.39, 0.29) is 0 Å². The maximum atomic E-state index is 3.87. The fourth-order valence-electron chi connectivity index (χ4n) is 2.38. The summed E-state index contributed by atoms with van der Waals surface area (Å²) in [5.74, 6) is 0. The largest absolute Gasteiger partial charge is 0.337 e. The van der Waals surface area contributed by atoms with Gasteiger partial charge in [-0.05, 0) is 23.3 Å². The van der Waals surface area contributed by atoms with Crippen LogP contribution in [0.15, 0.2) is 61.2 Å². The smallest absolute Gasteiger partial charge is 0.0487 e. The molecule has 0 aliphatic carbocycles. The van der Waals surface area contributed by atoms with Crippen molar-refractivity contribution in [2.24, 2.45) is 0 Å². The molecule has 0 atom stereocenters. The first-order valence-corrected chi connectivity index (χ1v) is 6.15. The summed E-state index contributed by atoms with van der Waals surface area (Å²) in [6, 6.07) is 16.9. The molecule has 0 spiro atoms. The minimum Gasteiger partial charge on any atom is -0.337 e. The van der Waals surface area contributed by atoms with E-state index in [9.17, 15) is 0 Å². The second-order valence-corrected chi connectivity index (χ2v) is 4.35. The number of rotatable bonds is 2. The van der Waals surface area contributed by atoms with Gasteiger partial charge in [0.1, 0.15) is 0 Å². The maximum absolute atomic E-state index is 3.87. The van der Waals surface area contributed by atoms with Gasteiger partial charge in [0.25, 0.3) is 0 Å². The monoisotopic (exact) mass is 233 g/mol. The molecule has 0 N–H and O–H groups in total. The van der Waals surface area contributed by atoms with E-state index < -0.39 is 0 Å². The Bertz CT molecular complexity index is 561. The molecule has 0 saturated heterocycles. The van der Waals surface area contributed by atoms with Crippen molar-refractivity contribution in [3.63, 3.8) is 0 Å². The van der Waals surface area contributed by atoms with Gasteiger partial charge in [0, 0.05) is 17.9 Å². The fraction of sp³-hybridized carbons (Fsp3) is 0.0588. The van der Waals surface area contributed by atoms with Gasteiger partial charge >= 0.3 is 0 Å². The molecule has 0 radical (unpaired) electrons. The van der Waals surface area contributed by atoms with E-state index in [1.807, 2.05) is 6.08 Å².